The van der Waals surface area contributed by atoms with Crippen LogP contribution in [0.5, 0.6) is 5.75 Å². The minimum atomic E-state index is -0.325. The van der Waals surface area contributed by atoms with Gasteiger partial charge in [0.05, 0.1) is 17.3 Å². The topological polar surface area (TPSA) is 70.7 Å². The maximum Gasteiger partial charge on any atom is 0.319 e. The number of halogens is 1. The number of urea groups is 1. The minimum absolute atomic E-state index is 0.0343. The second kappa shape index (κ2) is 8.78. The van der Waals surface area contributed by atoms with Crippen molar-refractivity contribution in [2.75, 3.05) is 25.0 Å². The van der Waals surface area contributed by atoms with Gasteiger partial charge in [-0.2, -0.15) is 0 Å². The Morgan fingerprint density at radius 2 is 2.21 bits per heavy atom. The number of nitrogens with one attached hydrogen (secondary N) is 2. The lowest BCUT2D eigenvalue weighted by atomic mass is 10.1. The third-order valence-electron chi connectivity index (χ3n) is 3.87. The number of anilines is 1. The SMILES string of the molecule is CCCOc1c(Cl)cccc1NC(=O)N[C@H]1CCCN(C(C)=O)C1. The number of rotatable bonds is 5. The number of carbonyl (C=O) groups is 2. The first-order valence-corrected chi connectivity index (χ1v) is 8.63. The summed E-state index contributed by atoms with van der Waals surface area (Å²) >= 11 is 6.15. The molecule has 1 aromatic rings. The summed E-state index contributed by atoms with van der Waals surface area (Å²) in [5, 5.41) is 6.16. The quantitative estimate of drug-likeness (QED) is 0.853. The highest BCUT2D eigenvalue weighted by Gasteiger charge is 2.23. The van der Waals surface area contributed by atoms with Crippen molar-refractivity contribution in [3.63, 3.8) is 0 Å². The number of ether oxygens (including phenoxy) is 1. The van der Waals surface area contributed by atoms with Crippen LogP contribution in [0.2, 0.25) is 5.02 Å². The molecule has 2 rings (SSSR count). The van der Waals surface area contributed by atoms with Gasteiger partial charge in [-0.1, -0.05) is 24.6 Å². The van der Waals surface area contributed by atoms with Crippen molar-refractivity contribution < 1.29 is 14.3 Å². The zero-order valence-corrected chi connectivity index (χ0v) is 14.9. The Morgan fingerprint density at radius 1 is 1.42 bits per heavy atom. The fourth-order valence-electron chi connectivity index (χ4n) is 2.68. The van der Waals surface area contributed by atoms with Crippen molar-refractivity contribution in [3.8, 4) is 5.75 Å². The second-order valence-electron chi connectivity index (χ2n) is 5.87. The lowest BCUT2D eigenvalue weighted by Gasteiger charge is -2.32. The molecule has 1 saturated heterocycles. The van der Waals surface area contributed by atoms with E-state index in [1.54, 1.807) is 30.0 Å². The average Bonchev–Trinajstić information content (AvgIpc) is 2.54. The average molecular weight is 354 g/mol. The van der Waals surface area contributed by atoms with Crippen molar-refractivity contribution in [1.82, 2.24) is 10.2 Å². The van der Waals surface area contributed by atoms with E-state index in [0.717, 1.165) is 25.8 Å². The van der Waals surface area contributed by atoms with Crippen LogP contribution in [0.3, 0.4) is 0 Å². The number of amides is 3. The predicted molar refractivity (Wildman–Crippen MR) is 94.7 cm³/mol. The molecule has 2 N–H and O–H groups in total. The molecule has 0 saturated carbocycles. The summed E-state index contributed by atoms with van der Waals surface area (Å²) < 4.78 is 5.63. The van der Waals surface area contributed by atoms with Gasteiger partial charge in [-0.15, -0.1) is 0 Å². The number of hydrogen-bond donors (Lipinski definition) is 2. The van der Waals surface area contributed by atoms with Crippen LogP contribution >= 0.6 is 11.6 Å². The number of likely N-dealkylation sites (tertiary alicyclic amines) is 1. The Labute approximate surface area is 147 Å². The van der Waals surface area contributed by atoms with E-state index < -0.39 is 0 Å². The van der Waals surface area contributed by atoms with Crippen LogP contribution in [-0.4, -0.2) is 42.6 Å². The Hall–Kier alpha value is -1.95. The van der Waals surface area contributed by atoms with Crippen LogP contribution in [0, 0.1) is 0 Å². The van der Waals surface area contributed by atoms with Gasteiger partial charge in [-0.05, 0) is 31.4 Å². The molecule has 3 amide bonds. The number of benzene rings is 1. The standard InChI is InChI=1S/C17H24ClN3O3/c1-3-10-24-16-14(18)7-4-8-15(16)20-17(23)19-13-6-5-9-21(11-13)12(2)22/h4,7-8,13H,3,5-6,9-11H2,1-2H3,(H2,19,20,23)/t13-/m0/s1. The molecule has 1 aliphatic rings. The molecular weight excluding hydrogens is 330 g/mol. The van der Waals surface area contributed by atoms with Crippen molar-refractivity contribution in [3.05, 3.63) is 23.2 Å². The fraction of sp³-hybridized carbons (Fsp3) is 0.529. The van der Waals surface area contributed by atoms with Gasteiger partial charge in [0.2, 0.25) is 5.91 Å². The molecule has 0 aromatic heterocycles. The maximum absolute atomic E-state index is 12.3. The van der Waals surface area contributed by atoms with E-state index in [0.29, 0.717) is 29.6 Å². The zero-order valence-electron chi connectivity index (χ0n) is 14.1. The molecule has 132 valence electrons. The Kier molecular flexibility index (Phi) is 6.73. The van der Waals surface area contributed by atoms with Crippen molar-refractivity contribution >= 4 is 29.2 Å². The minimum Gasteiger partial charge on any atom is -0.490 e. The van der Waals surface area contributed by atoms with Gasteiger partial charge >= 0.3 is 6.03 Å². The van der Waals surface area contributed by atoms with Crippen molar-refractivity contribution in [1.29, 1.82) is 0 Å². The van der Waals surface area contributed by atoms with Gasteiger partial charge in [-0.25, -0.2) is 4.79 Å². The summed E-state index contributed by atoms with van der Waals surface area (Å²) in [6.07, 6.45) is 2.58. The molecule has 24 heavy (non-hydrogen) atoms. The van der Waals surface area contributed by atoms with E-state index in [9.17, 15) is 9.59 Å². The third-order valence-corrected chi connectivity index (χ3v) is 4.17. The molecule has 1 heterocycles. The van der Waals surface area contributed by atoms with Crippen LogP contribution in [0.25, 0.3) is 0 Å². The monoisotopic (exact) mass is 353 g/mol. The lowest BCUT2D eigenvalue weighted by Crippen LogP contribution is -2.50. The number of hydrogen-bond acceptors (Lipinski definition) is 3. The molecule has 7 heteroatoms. The van der Waals surface area contributed by atoms with E-state index >= 15 is 0 Å². The molecule has 1 aromatic carbocycles. The number of carbonyl (C=O) groups excluding carboxylic acids is 2. The van der Waals surface area contributed by atoms with E-state index in [1.165, 1.54) is 0 Å². The van der Waals surface area contributed by atoms with Crippen LogP contribution in [-0.2, 0) is 4.79 Å². The molecule has 0 radical (unpaired) electrons. The Bertz CT molecular complexity index is 594. The van der Waals surface area contributed by atoms with Crippen LogP contribution in [0.4, 0.5) is 10.5 Å². The predicted octanol–water partition coefficient (Wildman–Crippen LogP) is 3.26. The van der Waals surface area contributed by atoms with Gasteiger partial charge in [0.15, 0.2) is 5.75 Å². The normalized spacial score (nSPS) is 17.3. The smallest absolute Gasteiger partial charge is 0.319 e. The Morgan fingerprint density at radius 3 is 2.92 bits per heavy atom. The first-order valence-electron chi connectivity index (χ1n) is 8.25. The first kappa shape index (κ1) is 18.4. The molecule has 0 unspecified atom stereocenters. The highest BCUT2D eigenvalue weighted by Crippen LogP contribution is 2.33. The molecule has 1 atom stereocenters. The van der Waals surface area contributed by atoms with Crippen LogP contribution < -0.4 is 15.4 Å². The van der Waals surface area contributed by atoms with E-state index in [2.05, 4.69) is 10.6 Å². The van der Waals surface area contributed by atoms with Crippen LogP contribution in [0.1, 0.15) is 33.1 Å². The lowest BCUT2D eigenvalue weighted by molar-refractivity contribution is -0.130. The van der Waals surface area contributed by atoms with E-state index in [1.807, 2.05) is 6.92 Å². The highest BCUT2D eigenvalue weighted by atomic mass is 35.5. The van der Waals surface area contributed by atoms with Gasteiger partial charge in [-0.3, -0.25) is 4.79 Å². The summed E-state index contributed by atoms with van der Waals surface area (Å²) in [7, 11) is 0. The van der Waals surface area contributed by atoms with Gasteiger partial charge in [0.1, 0.15) is 0 Å². The molecule has 1 aliphatic heterocycles. The largest absolute Gasteiger partial charge is 0.490 e. The van der Waals surface area contributed by atoms with E-state index in [4.69, 9.17) is 16.3 Å². The molecule has 0 bridgehead atoms. The molecule has 1 fully saturated rings. The fourth-order valence-corrected chi connectivity index (χ4v) is 2.91. The van der Waals surface area contributed by atoms with Gasteiger partial charge in [0.25, 0.3) is 0 Å². The van der Waals surface area contributed by atoms with E-state index in [-0.39, 0.29) is 18.0 Å². The third kappa shape index (κ3) is 5.03. The summed E-state index contributed by atoms with van der Waals surface area (Å²) in [6.45, 7) is 5.36. The summed E-state index contributed by atoms with van der Waals surface area (Å²) in [5.41, 5.74) is 0.535. The summed E-state index contributed by atoms with van der Waals surface area (Å²) in [6, 6.07) is 4.85. The van der Waals surface area contributed by atoms with Crippen LogP contribution in [0.15, 0.2) is 18.2 Å². The number of piperidine rings is 1. The summed E-state index contributed by atoms with van der Waals surface area (Å²) in [5.74, 6) is 0.511. The zero-order chi connectivity index (χ0) is 17.5. The molecular formula is C17H24ClN3O3. The van der Waals surface area contributed by atoms with Crippen molar-refractivity contribution in [2.45, 2.75) is 39.2 Å². The summed E-state index contributed by atoms with van der Waals surface area (Å²) in [4.78, 5) is 25.5. The number of nitrogens with zero attached hydrogens (tertiary/aromatic N) is 1. The molecule has 0 aliphatic carbocycles. The van der Waals surface area contributed by atoms with Gasteiger partial charge in [0, 0.05) is 26.1 Å². The first-order chi connectivity index (χ1) is 11.5. The maximum atomic E-state index is 12.3. The number of para-hydroxylation sites is 1. The Balaban J connectivity index is 1.97. The second-order valence-corrected chi connectivity index (χ2v) is 6.27. The highest BCUT2D eigenvalue weighted by molar-refractivity contribution is 6.32. The van der Waals surface area contributed by atoms with Crippen molar-refractivity contribution in [2.24, 2.45) is 0 Å². The molecule has 0 spiro atoms. The van der Waals surface area contributed by atoms with Gasteiger partial charge < -0.3 is 20.3 Å². The molecule has 6 nitrogen and oxygen atoms in total.